The fourth-order valence-corrected chi connectivity index (χ4v) is 3.90. The van der Waals surface area contributed by atoms with Gasteiger partial charge in [0.1, 0.15) is 0 Å². The summed E-state index contributed by atoms with van der Waals surface area (Å²) in [4.78, 5) is 18.8. The van der Waals surface area contributed by atoms with Gasteiger partial charge in [0.15, 0.2) is 11.5 Å². The molecule has 1 amide bonds. The van der Waals surface area contributed by atoms with Crippen LogP contribution < -0.4 is 9.47 Å². The van der Waals surface area contributed by atoms with Crippen LogP contribution in [0.25, 0.3) is 11.4 Å². The van der Waals surface area contributed by atoms with Crippen LogP contribution in [-0.2, 0) is 11.3 Å². The lowest BCUT2D eigenvalue weighted by molar-refractivity contribution is -0.128. The molecule has 0 spiro atoms. The van der Waals surface area contributed by atoms with Crippen molar-refractivity contribution in [3.05, 3.63) is 58.4 Å². The summed E-state index contributed by atoms with van der Waals surface area (Å²) in [5.41, 5.74) is 1.87. The maximum Gasteiger partial charge on any atom is 0.232 e. The molecule has 0 aliphatic carbocycles. The van der Waals surface area contributed by atoms with Crippen LogP contribution in [0, 0.1) is 0 Å². The first-order chi connectivity index (χ1) is 13.7. The van der Waals surface area contributed by atoms with E-state index in [1.807, 2.05) is 47.4 Å². The lowest BCUT2D eigenvalue weighted by Gasteiger charge is -2.16. The topological polar surface area (TPSA) is 77.7 Å². The number of hydrogen-bond donors (Lipinski definition) is 0. The smallest absolute Gasteiger partial charge is 0.232 e. The van der Waals surface area contributed by atoms with Gasteiger partial charge in [-0.15, -0.1) is 0 Å². The molecule has 1 fully saturated rings. The van der Waals surface area contributed by atoms with Gasteiger partial charge in [0.2, 0.25) is 24.4 Å². The van der Waals surface area contributed by atoms with Gasteiger partial charge in [-0.3, -0.25) is 4.79 Å². The summed E-state index contributed by atoms with van der Waals surface area (Å²) < 4.78 is 17.1. The molecule has 3 aromatic rings. The first kappa shape index (κ1) is 17.2. The van der Waals surface area contributed by atoms with Crippen molar-refractivity contribution >= 4 is 21.8 Å². The standard InChI is InChI=1S/C20H16BrN3O4/c21-15-3-1-2-13(7-15)19-22-20(28-23-19)14-8-18(25)24(10-14)9-12-4-5-16-17(6-12)27-11-26-16/h1-7,14H,8-11H2. The molecule has 0 saturated carbocycles. The van der Waals surface area contributed by atoms with Crippen LogP contribution in [0.2, 0.25) is 0 Å². The first-order valence-corrected chi connectivity index (χ1v) is 9.71. The Kier molecular flexibility index (Phi) is 4.27. The molecule has 0 N–H and O–H groups in total. The van der Waals surface area contributed by atoms with E-state index in [4.69, 9.17) is 14.0 Å². The van der Waals surface area contributed by atoms with Crippen LogP contribution in [0.4, 0.5) is 0 Å². The highest BCUT2D eigenvalue weighted by Crippen LogP contribution is 2.34. The Hall–Kier alpha value is -2.87. The number of halogens is 1. The van der Waals surface area contributed by atoms with E-state index in [0.717, 1.165) is 27.1 Å². The van der Waals surface area contributed by atoms with Gasteiger partial charge in [-0.05, 0) is 29.8 Å². The average molecular weight is 442 g/mol. The van der Waals surface area contributed by atoms with E-state index >= 15 is 0 Å². The molecule has 3 heterocycles. The molecule has 2 aliphatic rings. The third-order valence-corrected chi connectivity index (χ3v) is 5.39. The molecule has 1 aromatic heterocycles. The molecule has 5 rings (SSSR count). The largest absolute Gasteiger partial charge is 0.454 e. The Bertz CT molecular complexity index is 1050. The van der Waals surface area contributed by atoms with Crippen LogP contribution in [0.15, 0.2) is 51.5 Å². The van der Waals surface area contributed by atoms with Gasteiger partial charge in [0, 0.05) is 29.5 Å². The van der Waals surface area contributed by atoms with Crippen molar-refractivity contribution in [1.82, 2.24) is 15.0 Å². The van der Waals surface area contributed by atoms with Crippen molar-refractivity contribution < 1.29 is 18.8 Å². The lowest BCUT2D eigenvalue weighted by atomic mass is 10.1. The van der Waals surface area contributed by atoms with Crippen molar-refractivity contribution in [2.75, 3.05) is 13.3 Å². The number of amides is 1. The lowest BCUT2D eigenvalue weighted by Crippen LogP contribution is -2.24. The van der Waals surface area contributed by atoms with Gasteiger partial charge < -0.3 is 18.9 Å². The van der Waals surface area contributed by atoms with Gasteiger partial charge in [0.25, 0.3) is 0 Å². The minimum absolute atomic E-state index is 0.0740. The molecule has 2 aliphatic heterocycles. The molecule has 0 bridgehead atoms. The molecule has 2 aromatic carbocycles. The monoisotopic (exact) mass is 441 g/mol. The second-order valence-corrected chi connectivity index (χ2v) is 7.75. The molecular formula is C20H16BrN3O4. The summed E-state index contributed by atoms with van der Waals surface area (Å²) in [6, 6.07) is 13.5. The number of benzene rings is 2. The number of fused-ring (bicyclic) bond motifs is 1. The number of carbonyl (C=O) groups is 1. The highest BCUT2D eigenvalue weighted by molar-refractivity contribution is 9.10. The number of aromatic nitrogens is 2. The minimum atomic E-state index is -0.102. The summed E-state index contributed by atoms with van der Waals surface area (Å²) in [5.74, 6) is 2.45. The molecule has 1 unspecified atom stereocenters. The van der Waals surface area contributed by atoms with Crippen molar-refractivity contribution in [3.8, 4) is 22.9 Å². The van der Waals surface area contributed by atoms with Crippen LogP contribution in [0.1, 0.15) is 23.8 Å². The molecule has 7 nitrogen and oxygen atoms in total. The van der Waals surface area contributed by atoms with E-state index in [-0.39, 0.29) is 18.6 Å². The van der Waals surface area contributed by atoms with E-state index in [2.05, 4.69) is 26.1 Å². The van der Waals surface area contributed by atoms with Crippen molar-refractivity contribution in [3.63, 3.8) is 0 Å². The molecule has 28 heavy (non-hydrogen) atoms. The zero-order valence-electron chi connectivity index (χ0n) is 14.8. The maximum absolute atomic E-state index is 12.5. The number of rotatable bonds is 4. The third-order valence-electron chi connectivity index (χ3n) is 4.90. The van der Waals surface area contributed by atoms with Crippen molar-refractivity contribution in [2.24, 2.45) is 0 Å². The van der Waals surface area contributed by atoms with Crippen LogP contribution >= 0.6 is 15.9 Å². The predicted molar refractivity (Wildman–Crippen MR) is 103 cm³/mol. The van der Waals surface area contributed by atoms with Gasteiger partial charge in [-0.1, -0.05) is 39.3 Å². The second-order valence-electron chi connectivity index (χ2n) is 6.83. The zero-order chi connectivity index (χ0) is 19.1. The van der Waals surface area contributed by atoms with Crippen LogP contribution in [0.3, 0.4) is 0 Å². The van der Waals surface area contributed by atoms with Crippen LogP contribution in [0.5, 0.6) is 11.5 Å². The zero-order valence-corrected chi connectivity index (χ0v) is 16.4. The van der Waals surface area contributed by atoms with E-state index in [0.29, 0.717) is 31.2 Å². The summed E-state index contributed by atoms with van der Waals surface area (Å²) >= 11 is 3.44. The van der Waals surface area contributed by atoms with Crippen molar-refractivity contribution in [2.45, 2.75) is 18.9 Å². The molecule has 0 radical (unpaired) electrons. The van der Waals surface area contributed by atoms with Gasteiger partial charge in [0.05, 0.1) is 5.92 Å². The highest BCUT2D eigenvalue weighted by Gasteiger charge is 2.34. The highest BCUT2D eigenvalue weighted by atomic mass is 79.9. The summed E-state index contributed by atoms with van der Waals surface area (Å²) in [7, 11) is 0. The van der Waals surface area contributed by atoms with Crippen LogP contribution in [-0.4, -0.2) is 34.3 Å². The Morgan fingerprint density at radius 1 is 1.14 bits per heavy atom. The molecular weight excluding hydrogens is 426 g/mol. The number of hydrogen-bond acceptors (Lipinski definition) is 6. The van der Waals surface area contributed by atoms with E-state index in [1.54, 1.807) is 0 Å². The Labute approximate surface area is 169 Å². The van der Waals surface area contributed by atoms with Gasteiger partial charge >= 0.3 is 0 Å². The Balaban J connectivity index is 1.30. The van der Waals surface area contributed by atoms with Gasteiger partial charge in [-0.25, -0.2) is 0 Å². The second kappa shape index (κ2) is 6.94. The van der Waals surface area contributed by atoms with E-state index in [9.17, 15) is 4.79 Å². The fraction of sp³-hybridized carbons (Fsp3) is 0.250. The first-order valence-electron chi connectivity index (χ1n) is 8.91. The summed E-state index contributed by atoms with van der Waals surface area (Å²) in [6.45, 7) is 1.30. The predicted octanol–water partition coefficient (Wildman–Crippen LogP) is 3.74. The normalized spacial score (nSPS) is 18.1. The number of ether oxygens (including phenoxy) is 2. The summed E-state index contributed by atoms with van der Waals surface area (Å²) in [5, 5.41) is 4.08. The van der Waals surface area contributed by atoms with E-state index in [1.165, 1.54) is 0 Å². The molecule has 1 saturated heterocycles. The molecule has 142 valence electrons. The Morgan fingerprint density at radius 2 is 2.04 bits per heavy atom. The summed E-state index contributed by atoms with van der Waals surface area (Å²) in [6.07, 6.45) is 0.366. The number of likely N-dealkylation sites (tertiary alicyclic amines) is 1. The minimum Gasteiger partial charge on any atom is -0.454 e. The molecule has 1 atom stereocenters. The quantitative estimate of drug-likeness (QED) is 0.613. The average Bonchev–Trinajstić information content (AvgIpc) is 3.42. The third kappa shape index (κ3) is 3.24. The number of nitrogens with zero attached hydrogens (tertiary/aromatic N) is 3. The number of carbonyl (C=O) groups excluding carboxylic acids is 1. The fourth-order valence-electron chi connectivity index (χ4n) is 3.50. The molecule has 8 heteroatoms. The van der Waals surface area contributed by atoms with Crippen molar-refractivity contribution in [1.29, 1.82) is 0 Å². The Morgan fingerprint density at radius 3 is 2.93 bits per heavy atom. The maximum atomic E-state index is 12.5. The SMILES string of the molecule is O=C1CC(c2nc(-c3cccc(Br)c3)no2)CN1Cc1ccc2c(c1)OCO2. The van der Waals surface area contributed by atoms with Gasteiger partial charge in [-0.2, -0.15) is 4.98 Å². The van der Waals surface area contributed by atoms with E-state index < -0.39 is 0 Å².